The number of carboxylic acids is 1. The molecule has 104 valence electrons. The minimum absolute atomic E-state index is 0.00162. The maximum atomic E-state index is 13.1. The highest BCUT2D eigenvalue weighted by molar-refractivity contribution is 5.99. The van der Waals surface area contributed by atoms with Crippen LogP contribution < -0.4 is 0 Å². The van der Waals surface area contributed by atoms with Gasteiger partial charge in [0.05, 0.1) is 0 Å². The van der Waals surface area contributed by atoms with E-state index in [0.29, 0.717) is 16.6 Å². The Morgan fingerprint density at radius 2 is 2.10 bits per heavy atom. The fraction of sp³-hybridized carbons (Fsp3) is 0.286. The van der Waals surface area contributed by atoms with Gasteiger partial charge in [-0.1, -0.05) is 0 Å². The number of carbonyl (C=O) groups excluding carboxylic acids is 1. The van der Waals surface area contributed by atoms with E-state index in [-0.39, 0.29) is 24.3 Å². The summed E-state index contributed by atoms with van der Waals surface area (Å²) in [7, 11) is 0. The summed E-state index contributed by atoms with van der Waals surface area (Å²) in [4.78, 5) is 27.5. The number of amides is 1. The van der Waals surface area contributed by atoms with Crippen LogP contribution in [-0.4, -0.2) is 39.5 Å². The van der Waals surface area contributed by atoms with E-state index in [0.717, 1.165) is 12.8 Å². The zero-order valence-corrected chi connectivity index (χ0v) is 10.6. The van der Waals surface area contributed by atoms with E-state index in [1.807, 2.05) is 0 Å². The molecule has 0 aliphatic heterocycles. The van der Waals surface area contributed by atoms with Crippen molar-refractivity contribution >= 4 is 22.8 Å². The van der Waals surface area contributed by atoms with Crippen LogP contribution in [0.25, 0.3) is 10.9 Å². The number of carbonyl (C=O) groups is 2. The van der Waals surface area contributed by atoms with Gasteiger partial charge < -0.3 is 15.0 Å². The maximum Gasteiger partial charge on any atom is 0.323 e. The predicted octanol–water partition coefficient (Wildman–Crippen LogP) is 2.00. The molecule has 1 aliphatic rings. The lowest BCUT2D eigenvalue weighted by atomic mass is 10.2. The van der Waals surface area contributed by atoms with Crippen molar-refractivity contribution in [2.45, 2.75) is 18.9 Å². The van der Waals surface area contributed by atoms with Gasteiger partial charge in [0.25, 0.3) is 5.91 Å². The van der Waals surface area contributed by atoms with Gasteiger partial charge in [-0.25, -0.2) is 4.39 Å². The fourth-order valence-corrected chi connectivity index (χ4v) is 2.27. The molecule has 1 amide bonds. The summed E-state index contributed by atoms with van der Waals surface area (Å²) >= 11 is 0. The first-order valence-electron chi connectivity index (χ1n) is 6.35. The Labute approximate surface area is 114 Å². The summed E-state index contributed by atoms with van der Waals surface area (Å²) < 4.78 is 13.1. The molecule has 20 heavy (non-hydrogen) atoms. The highest BCUT2D eigenvalue weighted by atomic mass is 19.1. The largest absolute Gasteiger partial charge is 0.480 e. The Balaban J connectivity index is 1.92. The van der Waals surface area contributed by atoms with Crippen LogP contribution in [0.5, 0.6) is 0 Å². The molecule has 2 N–H and O–H groups in total. The first-order valence-corrected chi connectivity index (χ1v) is 6.35. The zero-order chi connectivity index (χ0) is 14.3. The molecule has 0 radical (unpaired) electrons. The van der Waals surface area contributed by atoms with Crippen molar-refractivity contribution < 1.29 is 19.1 Å². The van der Waals surface area contributed by atoms with Gasteiger partial charge in [-0.15, -0.1) is 0 Å². The van der Waals surface area contributed by atoms with E-state index in [4.69, 9.17) is 5.11 Å². The lowest BCUT2D eigenvalue weighted by molar-refractivity contribution is -0.137. The lowest BCUT2D eigenvalue weighted by Gasteiger charge is -2.19. The number of aliphatic carboxylic acids is 1. The van der Waals surface area contributed by atoms with Crippen molar-refractivity contribution in [3.05, 3.63) is 35.8 Å². The topological polar surface area (TPSA) is 73.4 Å². The second-order valence-electron chi connectivity index (χ2n) is 4.97. The fourth-order valence-electron chi connectivity index (χ4n) is 2.27. The molecule has 1 saturated carbocycles. The third-order valence-electron chi connectivity index (χ3n) is 3.37. The van der Waals surface area contributed by atoms with E-state index in [9.17, 15) is 14.0 Å². The number of halogens is 1. The molecular formula is C14H13FN2O3. The molecule has 2 aromatic rings. The molecule has 0 bridgehead atoms. The van der Waals surface area contributed by atoms with Crippen molar-refractivity contribution in [3.8, 4) is 0 Å². The Hall–Kier alpha value is -2.37. The summed E-state index contributed by atoms with van der Waals surface area (Å²) in [6.07, 6.45) is 1.65. The zero-order valence-electron chi connectivity index (χ0n) is 10.6. The monoisotopic (exact) mass is 276 g/mol. The van der Waals surface area contributed by atoms with Crippen molar-refractivity contribution in [3.63, 3.8) is 0 Å². The number of benzene rings is 1. The van der Waals surface area contributed by atoms with Gasteiger partial charge in [-0.3, -0.25) is 9.59 Å². The Morgan fingerprint density at radius 3 is 2.75 bits per heavy atom. The van der Waals surface area contributed by atoms with Crippen LogP contribution in [0.4, 0.5) is 4.39 Å². The molecule has 3 rings (SSSR count). The predicted molar refractivity (Wildman–Crippen MR) is 70.0 cm³/mol. The minimum atomic E-state index is -1.03. The van der Waals surface area contributed by atoms with Gasteiger partial charge in [-0.2, -0.15) is 0 Å². The van der Waals surface area contributed by atoms with E-state index in [1.165, 1.54) is 17.0 Å². The van der Waals surface area contributed by atoms with Gasteiger partial charge in [0.2, 0.25) is 0 Å². The van der Waals surface area contributed by atoms with Crippen LogP contribution in [-0.2, 0) is 4.79 Å². The number of carboxylic acid groups (broad SMARTS) is 1. The standard InChI is InChI=1S/C14H13FN2O3/c15-9-1-4-11-8(5-9)6-12(16-11)14(20)17(7-13(18)19)10-2-3-10/h1,4-6,10,16H,2-3,7H2,(H,18,19). The molecule has 0 spiro atoms. The number of hydrogen-bond donors (Lipinski definition) is 2. The summed E-state index contributed by atoms with van der Waals surface area (Å²) in [5.41, 5.74) is 0.944. The third-order valence-corrected chi connectivity index (χ3v) is 3.37. The van der Waals surface area contributed by atoms with Crippen LogP contribution in [0.2, 0.25) is 0 Å². The number of H-pyrrole nitrogens is 1. The third kappa shape index (κ3) is 2.36. The average Bonchev–Trinajstić information content (AvgIpc) is 3.14. The number of rotatable bonds is 4. The number of hydrogen-bond acceptors (Lipinski definition) is 2. The highest BCUT2D eigenvalue weighted by Crippen LogP contribution is 2.28. The van der Waals surface area contributed by atoms with Crippen molar-refractivity contribution in [1.29, 1.82) is 0 Å². The van der Waals surface area contributed by atoms with Crippen LogP contribution in [0.15, 0.2) is 24.3 Å². The van der Waals surface area contributed by atoms with E-state index in [2.05, 4.69) is 4.98 Å². The SMILES string of the molecule is O=C(O)CN(C(=O)c1cc2cc(F)ccc2[nH]1)C1CC1. The second kappa shape index (κ2) is 4.63. The Morgan fingerprint density at radius 1 is 1.35 bits per heavy atom. The van der Waals surface area contributed by atoms with Crippen molar-refractivity contribution in [2.24, 2.45) is 0 Å². The second-order valence-corrected chi connectivity index (χ2v) is 4.97. The van der Waals surface area contributed by atoms with Crippen LogP contribution in [0.3, 0.4) is 0 Å². The molecule has 0 unspecified atom stereocenters. The average molecular weight is 276 g/mol. The minimum Gasteiger partial charge on any atom is -0.480 e. The maximum absolute atomic E-state index is 13.1. The molecule has 1 aliphatic carbocycles. The molecular weight excluding hydrogens is 263 g/mol. The number of fused-ring (bicyclic) bond motifs is 1. The van der Waals surface area contributed by atoms with Crippen molar-refractivity contribution in [1.82, 2.24) is 9.88 Å². The van der Waals surface area contributed by atoms with Gasteiger partial charge in [0.15, 0.2) is 0 Å². The quantitative estimate of drug-likeness (QED) is 0.897. The highest BCUT2D eigenvalue weighted by Gasteiger charge is 2.34. The van der Waals surface area contributed by atoms with Gasteiger partial charge >= 0.3 is 5.97 Å². The number of aromatic nitrogens is 1. The molecule has 5 nitrogen and oxygen atoms in total. The van der Waals surface area contributed by atoms with E-state index < -0.39 is 5.97 Å². The summed E-state index contributed by atoms with van der Waals surface area (Å²) in [5.74, 6) is -1.76. The smallest absolute Gasteiger partial charge is 0.323 e. The normalized spacial score (nSPS) is 14.4. The molecule has 0 saturated heterocycles. The van der Waals surface area contributed by atoms with Gasteiger partial charge in [0.1, 0.15) is 18.1 Å². The van der Waals surface area contributed by atoms with E-state index >= 15 is 0 Å². The number of nitrogens with one attached hydrogen (secondary N) is 1. The Bertz CT molecular complexity index is 691. The molecule has 1 aromatic carbocycles. The van der Waals surface area contributed by atoms with Crippen LogP contribution in [0, 0.1) is 5.82 Å². The molecule has 0 atom stereocenters. The first-order chi connectivity index (χ1) is 9.54. The molecule has 1 fully saturated rings. The summed E-state index contributed by atoms with van der Waals surface area (Å²) in [5, 5.41) is 9.48. The van der Waals surface area contributed by atoms with Gasteiger partial charge in [-0.05, 0) is 37.1 Å². The molecule has 6 heteroatoms. The Kier molecular flexibility index (Phi) is 2.93. The van der Waals surface area contributed by atoms with Crippen molar-refractivity contribution in [2.75, 3.05) is 6.54 Å². The lowest BCUT2D eigenvalue weighted by Crippen LogP contribution is -2.37. The summed E-state index contributed by atoms with van der Waals surface area (Å²) in [6, 6.07) is 5.75. The first kappa shape index (κ1) is 12.7. The molecule has 1 aromatic heterocycles. The number of nitrogens with zero attached hydrogens (tertiary/aromatic N) is 1. The van der Waals surface area contributed by atoms with Crippen LogP contribution in [0.1, 0.15) is 23.3 Å². The molecule has 1 heterocycles. The van der Waals surface area contributed by atoms with E-state index in [1.54, 1.807) is 12.1 Å². The number of aromatic amines is 1. The van der Waals surface area contributed by atoms with Gasteiger partial charge in [0, 0.05) is 16.9 Å². The summed E-state index contributed by atoms with van der Waals surface area (Å²) in [6.45, 7) is -0.312. The van der Waals surface area contributed by atoms with Crippen LogP contribution >= 0.6 is 0 Å².